The Bertz CT molecular complexity index is 2170. The Balaban J connectivity index is 1.44. The van der Waals surface area contributed by atoms with Crippen LogP contribution in [0.15, 0.2) is 152 Å². The normalized spacial score (nSPS) is 22.8. The molecule has 5 aromatic carbocycles. The van der Waals surface area contributed by atoms with E-state index in [0.29, 0.717) is 0 Å². The van der Waals surface area contributed by atoms with Crippen molar-refractivity contribution in [3.05, 3.63) is 179 Å². The highest BCUT2D eigenvalue weighted by atomic mass is 16.7. The predicted molar refractivity (Wildman–Crippen MR) is 203 cm³/mol. The third-order valence-electron chi connectivity index (χ3n) is 9.56. The van der Waals surface area contributed by atoms with Crippen LogP contribution in [0.4, 0.5) is 4.79 Å². The van der Waals surface area contributed by atoms with Crippen LogP contribution in [0.1, 0.15) is 47.0 Å². The average Bonchev–Trinajstić information content (AvgIpc) is 3.27. The van der Waals surface area contributed by atoms with Gasteiger partial charge in [-0.3, -0.25) is 14.4 Å². The van der Waals surface area contributed by atoms with Gasteiger partial charge >= 0.3 is 12.1 Å². The Labute approximate surface area is 327 Å². The molecule has 1 amide bonds. The monoisotopic (exact) mass is 773 g/mol. The Morgan fingerprint density at radius 3 is 1.51 bits per heavy atom. The second-order valence-corrected chi connectivity index (χ2v) is 13.1. The molecular weight excluding hydrogens is 734 g/mol. The lowest BCUT2D eigenvalue weighted by Gasteiger charge is -2.57. The number of nitrogens with one attached hydrogen (secondary N) is 1. The molecule has 0 spiro atoms. The van der Waals surface area contributed by atoms with Crippen molar-refractivity contribution in [1.29, 1.82) is 0 Å². The number of alkyl carbamates (subject to hydrolysis) is 1. The summed E-state index contributed by atoms with van der Waals surface area (Å²) in [5, 5.41) is 41.5. The quantitative estimate of drug-likeness (QED) is 0.0669. The van der Waals surface area contributed by atoms with E-state index in [2.05, 4.69) is 5.32 Å². The number of carbonyl (C=O) groups is 5. The van der Waals surface area contributed by atoms with Crippen LogP contribution in [0.2, 0.25) is 0 Å². The first-order chi connectivity index (χ1) is 27.5. The van der Waals surface area contributed by atoms with Crippen LogP contribution < -0.4 is 5.32 Å². The van der Waals surface area contributed by atoms with E-state index in [1.54, 1.807) is 60.7 Å². The number of amides is 1. The van der Waals surface area contributed by atoms with E-state index in [9.17, 15) is 39.3 Å². The highest BCUT2D eigenvalue weighted by Gasteiger charge is 2.81. The minimum absolute atomic E-state index is 0.0450. The zero-order valence-electron chi connectivity index (χ0n) is 30.4. The number of ether oxygens (including phenoxy) is 4. The fourth-order valence-corrected chi connectivity index (χ4v) is 6.61. The molecular formula is C44H39NO12. The lowest BCUT2D eigenvalue weighted by atomic mass is 9.58. The van der Waals surface area contributed by atoms with Crippen molar-refractivity contribution in [1.82, 2.24) is 5.32 Å². The maximum Gasteiger partial charge on any atom is 0.407 e. The molecule has 0 bridgehead atoms. The third kappa shape index (κ3) is 8.01. The number of aliphatic hydroxyl groups is 3. The molecule has 5 aromatic rings. The fourth-order valence-electron chi connectivity index (χ4n) is 6.61. The molecule has 0 aromatic heterocycles. The van der Waals surface area contributed by atoms with Crippen LogP contribution in [0.5, 0.6) is 0 Å². The van der Waals surface area contributed by atoms with Gasteiger partial charge in [0.25, 0.3) is 0 Å². The van der Waals surface area contributed by atoms with Gasteiger partial charge < -0.3 is 39.6 Å². The molecule has 5 atom stereocenters. The smallest absolute Gasteiger partial charge is 0.407 e. The number of benzene rings is 5. The van der Waals surface area contributed by atoms with E-state index in [4.69, 9.17) is 18.9 Å². The van der Waals surface area contributed by atoms with Gasteiger partial charge in [-0.2, -0.15) is 0 Å². The summed E-state index contributed by atoms with van der Waals surface area (Å²) in [7, 11) is 0. The molecule has 0 radical (unpaired) electrons. The molecule has 1 saturated heterocycles. The first kappa shape index (κ1) is 40.3. The SMILES string of the molecule is O=C(NCCO[C@@H]1O[C@H](COC(=O)c2ccccc2)[C@@](O)(C(=O)c2ccccc2)[C@@](O)(C(=O)c2ccccc2)[C@]1(O)C(=O)c1ccccc1)OCc1ccccc1. The molecule has 1 aliphatic heterocycles. The molecule has 0 aliphatic carbocycles. The molecule has 0 unspecified atom stereocenters. The van der Waals surface area contributed by atoms with Gasteiger partial charge in [0.15, 0.2) is 11.9 Å². The minimum atomic E-state index is -3.82. The maximum absolute atomic E-state index is 14.9. The number of hydrogen-bond acceptors (Lipinski definition) is 12. The van der Waals surface area contributed by atoms with E-state index in [-0.39, 0.29) is 35.4 Å². The predicted octanol–water partition coefficient (Wildman–Crippen LogP) is 4.35. The molecule has 1 heterocycles. The fraction of sp³-hybridized carbons (Fsp3) is 0.205. The second-order valence-electron chi connectivity index (χ2n) is 13.1. The molecule has 1 fully saturated rings. The topological polar surface area (TPSA) is 195 Å². The van der Waals surface area contributed by atoms with Gasteiger partial charge in [-0.25, -0.2) is 9.59 Å². The van der Waals surface area contributed by atoms with E-state index >= 15 is 0 Å². The van der Waals surface area contributed by atoms with E-state index in [1.165, 1.54) is 84.9 Å². The Morgan fingerprint density at radius 2 is 1.00 bits per heavy atom. The largest absolute Gasteiger partial charge is 0.459 e. The van der Waals surface area contributed by atoms with Crippen LogP contribution in [0, 0.1) is 0 Å². The summed E-state index contributed by atoms with van der Waals surface area (Å²) in [4.78, 5) is 70.1. The first-order valence-corrected chi connectivity index (χ1v) is 17.9. The third-order valence-corrected chi connectivity index (χ3v) is 9.56. The van der Waals surface area contributed by atoms with Crippen molar-refractivity contribution in [2.75, 3.05) is 19.8 Å². The van der Waals surface area contributed by atoms with Gasteiger partial charge in [0.2, 0.25) is 28.6 Å². The summed E-state index contributed by atoms with van der Waals surface area (Å²) in [6.07, 6.45) is -5.37. The molecule has 292 valence electrons. The van der Waals surface area contributed by atoms with Crippen molar-refractivity contribution in [2.24, 2.45) is 0 Å². The second kappa shape index (κ2) is 17.6. The van der Waals surface area contributed by atoms with E-state index < -0.39 is 71.8 Å². The summed E-state index contributed by atoms with van der Waals surface area (Å²) in [5.74, 6) is -5.10. The minimum Gasteiger partial charge on any atom is -0.459 e. The number of esters is 1. The first-order valence-electron chi connectivity index (χ1n) is 17.9. The van der Waals surface area contributed by atoms with Gasteiger partial charge in [0.05, 0.1) is 12.2 Å². The van der Waals surface area contributed by atoms with Crippen molar-refractivity contribution in [3.8, 4) is 0 Å². The Kier molecular flexibility index (Phi) is 12.5. The van der Waals surface area contributed by atoms with Crippen LogP contribution in [-0.4, -0.2) is 93.7 Å². The van der Waals surface area contributed by atoms with Crippen LogP contribution >= 0.6 is 0 Å². The van der Waals surface area contributed by atoms with Crippen molar-refractivity contribution >= 4 is 29.4 Å². The van der Waals surface area contributed by atoms with Crippen molar-refractivity contribution < 1.29 is 58.2 Å². The van der Waals surface area contributed by atoms with Gasteiger partial charge in [-0.1, -0.05) is 140 Å². The zero-order chi connectivity index (χ0) is 40.5. The molecule has 4 N–H and O–H groups in total. The maximum atomic E-state index is 14.9. The standard InChI is InChI=1S/C44H39NO12/c46-36(31-18-8-2-9-19-31)42(51)35(29-55-39(49)34-24-14-5-15-25-34)57-40(54-27-26-45-41(50)56-28-30-16-6-1-7-17-30)43(52,37(47)32-20-10-3-11-21-32)44(42,53)38(48)33-22-12-4-13-23-33/h1-25,35,40,51-53H,26-29H2,(H,45,50)/t35-,40-,42-,43+,44+/m1/s1. The number of ketones is 3. The van der Waals surface area contributed by atoms with Crippen molar-refractivity contribution in [2.45, 2.75) is 35.8 Å². The lowest BCUT2D eigenvalue weighted by molar-refractivity contribution is -0.357. The van der Waals surface area contributed by atoms with Crippen LogP contribution in [0.25, 0.3) is 0 Å². The number of hydrogen-bond donors (Lipinski definition) is 4. The van der Waals surface area contributed by atoms with E-state index in [0.717, 1.165) is 5.56 Å². The summed E-state index contributed by atoms with van der Waals surface area (Å²) >= 11 is 0. The summed E-state index contributed by atoms with van der Waals surface area (Å²) < 4.78 is 22.7. The van der Waals surface area contributed by atoms with Crippen molar-refractivity contribution in [3.63, 3.8) is 0 Å². The van der Waals surface area contributed by atoms with Gasteiger partial charge in [0, 0.05) is 23.2 Å². The molecule has 57 heavy (non-hydrogen) atoms. The number of rotatable bonds is 15. The molecule has 6 rings (SSSR count). The van der Waals surface area contributed by atoms with Gasteiger partial charge in [0.1, 0.15) is 19.3 Å². The summed E-state index contributed by atoms with van der Waals surface area (Å²) in [6, 6.07) is 37.6. The Morgan fingerprint density at radius 1 is 0.561 bits per heavy atom. The van der Waals surface area contributed by atoms with Crippen LogP contribution in [-0.2, 0) is 25.6 Å². The van der Waals surface area contributed by atoms with Gasteiger partial charge in [-0.05, 0) is 17.7 Å². The van der Waals surface area contributed by atoms with Crippen LogP contribution in [0.3, 0.4) is 0 Å². The Hall–Kier alpha value is -6.35. The molecule has 13 nitrogen and oxygen atoms in total. The number of carbonyl (C=O) groups excluding carboxylic acids is 5. The van der Waals surface area contributed by atoms with E-state index in [1.807, 2.05) is 6.07 Å². The van der Waals surface area contributed by atoms with Gasteiger partial charge in [-0.15, -0.1) is 0 Å². The molecule has 1 aliphatic rings. The highest BCUT2D eigenvalue weighted by Crippen LogP contribution is 2.50. The summed E-state index contributed by atoms with van der Waals surface area (Å²) in [5.41, 5.74) is -11.0. The highest BCUT2D eigenvalue weighted by molar-refractivity contribution is 6.18. The lowest BCUT2D eigenvalue weighted by Crippen LogP contribution is -2.87. The molecule has 13 heteroatoms. The molecule has 0 saturated carbocycles. The zero-order valence-corrected chi connectivity index (χ0v) is 30.4. The average molecular weight is 774 g/mol. The summed E-state index contributed by atoms with van der Waals surface area (Å²) in [6.45, 7) is -1.88. The number of Topliss-reactive ketones (excluding diaryl/α,β-unsaturated/α-hetero) is 3.